The lowest BCUT2D eigenvalue weighted by atomic mass is 10.0. The predicted molar refractivity (Wildman–Crippen MR) is 129 cm³/mol. The molecule has 3 aromatic carbocycles. The molecule has 0 saturated heterocycles. The van der Waals surface area contributed by atoms with Gasteiger partial charge in [-0.05, 0) is 60.4 Å². The summed E-state index contributed by atoms with van der Waals surface area (Å²) in [5.74, 6) is -1.60. The molecule has 0 spiro atoms. The summed E-state index contributed by atoms with van der Waals surface area (Å²) in [6.45, 7) is 1.75. The van der Waals surface area contributed by atoms with Crippen LogP contribution in [0.25, 0.3) is 0 Å². The average Bonchev–Trinajstić information content (AvgIpc) is 2.88. The van der Waals surface area contributed by atoms with Gasteiger partial charge in [-0.15, -0.1) is 0 Å². The Balaban J connectivity index is 1.50. The average molecular weight is 459 g/mol. The molecule has 34 heavy (non-hydrogen) atoms. The fourth-order valence-corrected chi connectivity index (χ4v) is 4.13. The first-order chi connectivity index (χ1) is 16.5. The van der Waals surface area contributed by atoms with E-state index in [4.69, 9.17) is 9.47 Å². The first-order valence-electron chi connectivity index (χ1n) is 11.0. The number of aryl methyl sites for hydroxylation is 1. The lowest BCUT2D eigenvalue weighted by Crippen LogP contribution is -2.28. The molecular weight excluding hydrogens is 432 g/mol. The number of ether oxygens (including phenoxy) is 2. The van der Waals surface area contributed by atoms with Crippen LogP contribution in [0.2, 0.25) is 0 Å². The second-order valence-electron chi connectivity index (χ2n) is 8.05. The van der Waals surface area contributed by atoms with Gasteiger partial charge >= 0.3 is 11.9 Å². The number of benzene rings is 3. The monoisotopic (exact) mass is 458 g/mol. The predicted octanol–water partition coefficient (Wildman–Crippen LogP) is 4.46. The first-order valence-corrected chi connectivity index (χ1v) is 11.0. The third-order valence-corrected chi connectivity index (χ3v) is 5.89. The highest BCUT2D eigenvalue weighted by Gasteiger charge is 2.19. The minimum Gasteiger partial charge on any atom is -0.465 e. The van der Waals surface area contributed by atoms with E-state index in [0.717, 1.165) is 31.5 Å². The van der Waals surface area contributed by atoms with Crippen LogP contribution in [0.4, 0.5) is 11.4 Å². The standard InChI is InChI=1S/C27H26N2O5/c1-33-26(31)21-13-14-22(27(32)34-2)23(16-21)28-25(30)20-11-9-18(10-12-20)17-29-15-5-7-19-6-3-4-8-24(19)29/h3-4,6,8-14,16H,5,7,15,17H2,1-2H3,(H,28,30). The topological polar surface area (TPSA) is 84.9 Å². The Morgan fingerprint density at radius 2 is 1.59 bits per heavy atom. The van der Waals surface area contributed by atoms with E-state index in [1.807, 2.05) is 12.1 Å². The lowest BCUT2D eigenvalue weighted by molar-refractivity contribution is 0.0587. The highest BCUT2D eigenvalue weighted by molar-refractivity contribution is 6.09. The van der Waals surface area contributed by atoms with Crippen LogP contribution >= 0.6 is 0 Å². The second kappa shape index (κ2) is 10.2. The highest BCUT2D eigenvalue weighted by Crippen LogP contribution is 2.28. The maximum atomic E-state index is 12.9. The van der Waals surface area contributed by atoms with E-state index in [-0.39, 0.29) is 16.8 Å². The Bertz CT molecular complexity index is 1220. The number of para-hydroxylation sites is 1. The van der Waals surface area contributed by atoms with Crippen molar-refractivity contribution in [2.24, 2.45) is 0 Å². The summed E-state index contributed by atoms with van der Waals surface area (Å²) < 4.78 is 9.53. The van der Waals surface area contributed by atoms with Gasteiger partial charge in [-0.2, -0.15) is 0 Å². The summed E-state index contributed by atoms with van der Waals surface area (Å²) in [4.78, 5) is 39.3. The maximum Gasteiger partial charge on any atom is 0.339 e. The van der Waals surface area contributed by atoms with Crippen molar-refractivity contribution in [3.05, 3.63) is 94.5 Å². The molecule has 1 N–H and O–H groups in total. The molecule has 0 atom stereocenters. The smallest absolute Gasteiger partial charge is 0.339 e. The van der Waals surface area contributed by atoms with E-state index in [1.165, 1.54) is 43.7 Å². The second-order valence-corrected chi connectivity index (χ2v) is 8.05. The van der Waals surface area contributed by atoms with Crippen LogP contribution in [0, 0.1) is 0 Å². The van der Waals surface area contributed by atoms with E-state index in [2.05, 4.69) is 34.5 Å². The molecule has 0 fully saturated rings. The Morgan fingerprint density at radius 3 is 2.32 bits per heavy atom. The van der Waals surface area contributed by atoms with Gasteiger partial charge in [0.1, 0.15) is 0 Å². The molecule has 0 aliphatic carbocycles. The molecule has 174 valence electrons. The van der Waals surface area contributed by atoms with Gasteiger partial charge < -0.3 is 19.7 Å². The van der Waals surface area contributed by atoms with Crippen LogP contribution in [-0.4, -0.2) is 38.6 Å². The van der Waals surface area contributed by atoms with Crippen LogP contribution in [0.15, 0.2) is 66.7 Å². The Morgan fingerprint density at radius 1 is 0.882 bits per heavy atom. The molecule has 1 aliphatic heterocycles. The van der Waals surface area contributed by atoms with E-state index >= 15 is 0 Å². The van der Waals surface area contributed by atoms with Gasteiger partial charge in [-0.1, -0.05) is 30.3 Å². The number of anilines is 2. The number of amides is 1. The Kier molecular flexibility index (Phi) is 6.92. The lowest BCUT2D eigenvalue weighted by Gasteiger charge is -2.31. The SMILES string of the molecule is COC(=O)c1ccc(C(=O)OC)c(NC(=O)c2ccc(CN3CCCc4ccccc43)cc2)c1. The van der Waals surface area contributed by atoms with Crippen LogP contribution in [0.5, 0.6) is 0 Å². The zero-order valence-electron chi connectivity index (χ0n) is 19.2. The third kappa shape index (κ3) is 4.93. The van der Waals surface area contributed by atoms with E-state index in [9.17, 15) is 14.4 Å². The van der Waals surface area contributed by atoms with E-state index < -0.39 is 17.8 Å². The molecule has 0 unspecified atom stereocenters. The van der Waals surface area contributed by atoms with Gasteiger partial charge in [-0.25, -0.2) is 9.59 Å². The summed E-state index contributed by atoms with van der Waals surface area (Å²) >= 11 is 0. The van der Waals surface area contributed by atoms with Crippen LogP contribution < -0.4 is 10.2 Å². The van der Waals surface area contributed by atoms with Crippen molar-refractivity contribution in [1.82, 2.24) is 0 Å². The number of hydrogen-bond acceptors (Lipinski definition) is 6. The fourth-order valence-electron chi connectivity index (χ4n) is 4.13. The fraction of sp³-hybridized carbons (Fsp3) is 0.222. The summed E-state index contributed by atoms with van der Waals surface area (Å²) in [7, 11) is 2.51. The Hall–Kier alpha value is -4.13. The minimum absolute atomic E-state index is 0.142. The molecule has 0 saturated carbocycles. The number of methoxy groups -OCH3 is 2. The van der Waals surface area contributed by atoms with Crippen LogP contribution in [-0.2, 0) is 22.4 Å². The van der Waals surface area contributed by atoms with Gasteiger partial charge in [0, 0.05) is 24.3 Å². The quantitative estimate of drug-likeness (QED) is 0.549. The van der Waals surface area contributed by atoms with Gasteiger partial charge in [0.05, 0.1) is 31.0 Å². The zero-order chi connectivity index (χ0) is 24.1. The van der Waals surface area contributed by atoms with Crippen molar-refractivity contribution in [1.29, 1.82) is 0 Å². The van der Waals surface area contributed by atoms with E-state index in [1.54, 1.807) is 12.1 Å². The number of fused-ring (bicyclic) bond motifs is 1. The molecular formula is C27H26N2O5. The molecule has 0 radical (unpaired) electrons. The number of carbonyl (C=O) groups is 3. The van der Waals surface area contributed by atoms with Gasteiger partial charge in [0.25, 0.3) is 5.91 Å². The summed E-state index contributed by atoms with van der Waals surface area (Å²) in [5, 5.41) is 2.72. The van der Waals surface area contributed by atoms with Crippen LogP contribution in [0.1, 0.15) is 48.6 Å². The third-order valence-electron chi connectivity index (χ3n) is 5.89. The highest BCUT2D eigenvalue weighted by atomic mass is 16.5. The molecule has 1 amide bonds. The van der Waals surface area contributed by atoms with Crippen LogP contribution in [0.3, 0.4) is 0 Å². The van der Waals surface area contributed by atoms with Gasteiger partial charge in [0.2, 0.25) is 0 Å². The van der Waals surface area contributed by atoms with Crippen molar-refractivity contribution >= 4 is 29.2 Å². The molecule has 1 heterocycles. The summed E-state index contributed by atoms with van der Waals surface area (Å²) in [6, 6.07) is 20.1. The first kappa shape index (κ1) is 23.0. The zero-order valence-corrected chi connectivity index (χ0v) is 19.2. The summed E-state index contributed by atoms with van der Waals surface area (Å²) in [5.41, 5.74) is 4.68. The van der Waals surface area contributed by atoms with E-state index in [0.29, 0.717) is 5.56 Å². The number of hydrogen-bond donors (Lipinski definition) is 1. The number of rotatable bonds is 6. The molecule has 7 heteroatoms. The van der Waals surface area contributed by atoms with Crippen molar-refractivity contribution in [2.45, 2.75) is 19.4 Å². The molecule has 1 aliphatic rings. The molecule has 0 aromatic heterocycles. The molecule has 7 nitrogen and oxygen atoms in total. The molecule has 4 rings (SSSR count). The van der Waals surface area contributed by atoms with Crippen molar-refractivity contribution in [3.63, 3.8) is 0 Å². The molecule has 0 bridgehead atoms. The largest absolute Gasteiger partial charge is 0.465 e. The van der Waals surface area contributed by atoms with Gasteiger partial charge in [0.15, 0.2) is 0 Å². The normalized spacial score (nSPS) is 12.5. The number of carbonyl (C=O) groups excluding carboxylic acids is 3. The maximum absolute atomic E-state index is 12.9. The van der Waals surface area contributed by atoms with Crippen molar-refractivity contribution < 1.29 is 23.9 Å². The van der Waals surface area contributed by atoms with Crippen molar-refractivity contribution in [2.75, 3.05) is 31.0 Å². The summed E-state index contributed by atoms with van der Waals surface area (Å²) in [6.07, 6.45) is 2.21. The number of nitrogens with one attached hydrogen (secondary N) is 1. The number of esters is 2. The minimum atomic E-state index is -0.621. The van der Waals surface area contributed by atoms with Crippen molar-refractivity contribution in [3.8, 4) is 0 Å². The number of nitrogens with zero attached hydrogens (tertiary/aromatic N) is 1. The molecule has 3 aromatic rings. The van der Waals surface area contributed by atoms with Gasteiger partial charge in [-0.3, -0.25) is 4.79 Å². The Labute approximate surface area is 198 Å².